The van der Waals surface area contributed by atoms with Gasteiger partial charge in [-0.2, -0.15) is 0 Å². The fourth-order valence-corrected chi connectivity index (χ4v) is 2.58. The lowest BCUT2D eigenvalue weighted by molar-refractivity contribution is -0.384. The minimum absolute atomic E-state index is 0.109. The highest BCUT2D eigenvalue weighted by Crippen LogP contribution is 2.25. The Labute approximate surface area is 128 Å². The molecular weight excluding hydrogens is 306 g/mol. The summed E-state index contributed by atoms with van der Waals surface area (Å²) < 4.78 is 22.8. The van der Waals surface area contributed by atoms with Gasteiger partial charge in [0, 0.05) is 18.5 Å². The average molecular weight is 321 g/mol. The Morgan fingerprint density at radius 2 is 1.86 bits per heavy atom. The maximum absolute atomic E-state index is 11.4. The number of benzene rings is 1. The van der Waals surface area contributed by atoms with Gasteiger partial charge >= 0.3 is 5.69 Å². The Kier molecular flexibility index (Phi) is 4.41. The molecule has 1 N–H and O–H groups in total. The molecule has 0 bridgehead atoms. The third-order valence-corrected chi connectivity index (χ3v) is 4.27. The quantitative estimate of drug-likeness (QED) is 0.670. The predicted molar refractivity (Wildman–Crippen MR) is 82.5 cm³/mol. The van der Waals surface area contributed by atoms with Gasteiger partial charge in [0.1, 0.15) is 0 Å². The van der Waals surface area contributed by atoms with Crippen LogP contribution in [0.1, 0.15) is 18.5 Å². The standard InChI is InChI=1S/C14H15N3O4S/c1-10(11-5-7-12(8-6-11)22(2,20)21)16-14-13(17(18)19)4-3-9-15-14/h3-10H,1-2H3,(H,15,16)/t10-/m0/s1. The summed E-state index contributed by atoms with van der Waals surface area (Å²) in [6.07, 6.45) is 2.61. The molecule has 116 valence electrons. The summed E-state index contributed by atoms with van der Waals surface area (Å²) in [6.45, 7) is 1.81. The van der Waals surface area contributed by atoms with Gasteiger partial charge in [0.2, 0.25) is 5.82 Å². The number of hydrogen-bond donors (Lipinski definition) is 1. The fraction of sp³-hybridized carbons (Fsp3) is 0.214. The van der Waals surface area contributed by atoms with Crippen LogP contribution in [0.5, 0.6) is 0 Å². The van der Waals surface area contributed by atoms with E-state index < -0.39 is 14.8 Å². The first-order valence-electron chi connectivity index (χ1n) is 6.45. The predicted octanol–water partition coefficient (Wildman–Crippen LogP) is 2.57. The van der Waals surface area contributed by atoms with Gasteiger partial charge in [0.05, 0.1) is 15.9 Å². The van der Waals surface area contributed by atoms with Gasteiger partial charge in [-0.15, -0.1) is 0 Å². The van der Waals surface area contributed by atoms with Crippen molar-refractivity contribution in [1.82, 2.24) is 4.98 Å². The first-order valence-corrected chi connectivity index (χ1v) is 8.34. The molecule has 1 aromatic heterocycles. The van der Waals surface area contributed by atoms with E-state index in [1.165, 1.54) is 30.5 Å². The number of aromatic nitrogens is 1. The summed E-state index contributed by atoms with van der Waals surface area (Å²) in [6, 6.07) is 8.96. The monoisotopic (exact) mass is 321 g/mol. The van der Waals surface area contributed by atoms with Crippen LogP contribution in [0.25, 0.3) is 0 Å². The molecule has 0 aliphatic rings. The number of sulfone groups is 1. The van der Waals surface area contributed by atoms with Crippen LogP contribution in [0.3, 0.4) is 0 Å². The Bertz CT molecular complexity index is 788. The number of nitro groups is 1. The SMILES string of the molecule is C[C@H](Nc1ncccc1[N+](=O)[O-])c1ccc(S(C)(=O)=O)cc1. The third kappa shape index (κ3) is 3.59. The second-order valence-electron chi connectivity index (χ2n) is 4.84. The molecular formula is C14H15N3O4S. The van der Waals surface area contributed by atoms with Crippen molar-refractivity contribution in [2.75, 3.05) is 11.6 Å². The molecule has 0 radical (unpaired) electrons. The highest BCUT2D eigenvalue weighted by atomic mass is 32.2. The number of nitrogens with one attached hydrogen (secondary N) is 1. The molecule has 0 unspecified atom stereocenters. The Hall–Kier alpha value is -2.48. The lowest BCUT2D eigenvalue weighted by Crippen LogP contribution is -2.10. The number of nitrogens with zero attached hydrogens (tertiary/aromatic N) is 2. The Morgan fingerprint density at radius 3 is 2.41 bits per heavy atom. The highest BCUT2D eigenvalue weighted by molar-refractivity contribution is 7.90. The van der Waals surface area contributed by atoms with Crippen LogP contribution < -0.4 is 5.32 Å². The lowest BCUT2D eigenvalue weighted by Gasteiger charge is -2.15. The molecule has 2 aromatic rings. The van der Waals surface area contributed by atoms with Crippen molar-refractivity contribution in [3.05, 3.63) is 58.3 Å². The van der Waals surface area contributed by atoms with Gasteiger partial charge in [-0.1, -0.05) is 12.1 Å². The highest BCUT2D eigenvalue weighted by Gasteiger charge is 2.17. The zero-order valence-electron chi connectivity index (χ0n) is 12.1. The van der Waals surface area contributed by atoms with Gasteiger partial charge < -0.3 is 5.32 Å². The summed E-state index contributed by atoms with van der Waals surface area (Å²) in [5.74, 6) is 0.173. The Morgan fingerprint density at radius 1 is 1.23 bits per heavy atom. The van der Waals surface area contributed by atoms with Gasteiger partial charge in [0.15, 0.2) is 9.84 Å². The van der Waals surface area contributed by atoms with Crippen LogP contribution >= 0.6 is 0 Å². The van der Waals surface area contributed by atoms with Gasteiger partial charge in [-0.25, -0.2) is 13.4 Å². The van der Waals surface area contributed by atoms with Gasteiger partial charge in [-0.3, -0.25) is 10.1 Å². The maximum atomic E-state index is 11.4. The molecule has 0 aliphatic carbocycles. The third-order valence-electron chi connectivity index (χ3n) is 3.14. The molecule has 1 heterocycles. The summed E-state index contributed by atoms with van der Waals surface area (Å²) in [5.41, 5.74) is 0.689. The van der Waals surface area contributed by atoms with Gasteiger partial charge in [-0.05, 0) is 30.7 Å². The molecule has 1 atom stereocenters. The van der Waals surface area contributed by atoms with Crippen LogP contribution in [0, 0.1) is 10.1 Å². The van der Waals surface area contributed by atoms with Crippen LogP contribution in [-0.2, 0) is 9.84 Å². The van der Waals surface area contributed by atoms with E-state index in [-0.39, 0.29) is 22.4 Å². The van der Waals surface area contributed by atoms with Gasteiger partial charge in [0.25, 0.3) is 0 Å². The van der Waals surface area contributed by atoms with E-state index in [9.17, 15) is 18.5 Å². The molecule has 0 fully saturated rings. The molecule has 8 heteroatoms. The van der Waals surface area contributed by atoms with E-state index in [4.69, 9.17) is 0 Å². The zero-order valence-corrected chi connectivity index (χ0v) is 12.9. The normalized spacial score (nSPS) is 12.6. The molecule has 22 heavy (non-hydrogen) atoms. The molecule has 0 spiro atoms. The number of rotatable bonds is 5. The van der Waals surface area contributed by atoms with Crippen molar-refractivity contribution in [1.29, 1.82) is 0 Å². The molecule has 0 saturated carbocycles. The van der Waals surface area contributed by atoms with Crippen LogP contribution in [0.4, 0.5) is 11.5 Å². The second kappa shape index (κ2) is 6.10. The first kappa shape index (κ1) is 15.9. The average Bonchev–Trinajstić information content (AvgIpc) is 2.46. The van der Waals surface area contributed by atoms with Crippen LogP contribution in [-0.4, -0.2) is 24.6 Å². The van der Waals surface area contributed by atoms with Crippen molar-refractivity contribution in [2.24, 2.45) is 0 Å². The smallest absolute Gasteiger partial charge is 0.311 e. The molecule has 0 aliphatic heterocycles. The number of pyridine rings is 1. The van der Waals surface area contributed by atoms with Crippen molar-refractivity contribution < 1.29 is 13.3 Å². The van der Waals surface area contributed by atoms with Crippen molar-refractivity contribution in [3.8, 4) is 0 Å². The Balaban J connectivity index is 2.23. The number of hydrogen-bond acceptors (Lipinski definition) is 6. The first-order chi connectivity index (χ1) is 10.3. The molecule has 0 saturated heterocycles. The van der Waals surface area contributed by atoms with E-state index >= 15 is 0 Å². The topological polar surface area (TPSA) is 102 Å². The minimum Gasteiger partial charge on any atom is -0.358 e. The second-order valence-corrected chi connectivity index (χ2v) is 6.85. The van der Waals surface area contributed by atoms with E-state index in [1.54, 1.807) is 12.1 Å². The molecule has 2 rings (SSSR count). The van der Waals surface area contributed by atoms with E-state index in [1.807, 2.05) is 6.92 Å². The van der Waals surface area contributed by atoms with E-state index in [2.05, 4.69) is 10.3 Å². The zero-order chi connectivity index (χ0) is 16.3. The summed E-state index contributed by atoms with van der Waals surface area (Å²) in [4.78, 5) is 14.7. The van der Waals surface area contributed by atoms with Crippen molar-refractivity contribution in [2.45, 2.75) is 17.9 Å². The fourth-order valence-electron chi connectivity index (χ4n) is 1.95. The minimum atomic E-state index is -3.24. The lowest BCUT2D eigenvalue weighted by atomic mass is 10.1. The summed E-state index contributed by atoms with van der Waals surface area (Å²) in [5, 5.41) is 13.9. The maximum Gasteiger partial charge on any atom is 0.311 e. The summed E-state index contributed by atoms with van der Waals surface area (Å²) in [7, 11) is -3.24. The molecule has 0 amide bonds. The summed E-state index contributed by atoms with van der Waals surface area (Å²) >= 11 is 0. The van der Waals surface area contributed by atoms with Crippen molar-refractivity contribution >= 4 is 21.3 Å². The van der Waals surface area contributed by atoms with Crippen molar-refractivity contribution in [3.63, 3.8) is 0 Å². The number of anilines is 1. The van der Waals surface area contributed by atoms with Crippen LogP contribution in [0.15, 0.2) is 47.5 Å². The molecule has 7 nitrogen and oxygen atoms in total. The largest absolute Gasteiger partial charge is 0.358 e. The van der Waals surface area contributed by atoms with E-state index in [0.29, 0.717) is 0 Å². The molecule has 1 aromatic carbocycles. The van der Waals surface area contributed by atoms with E-state index in [0.717, 1.165) is 11.8 Å². The van der Waals surface area contributed by atoms with Crippen LogP contribution in [0.2, 0.25) is 0 Å².